The first kappa shape index (κ1) is 10.8. The summed E-state index contributed by atoms with van der Waals surface area (Å²) in [6.07, 6.45) is 2.85. The Morgan fingerprint density at radius 3 is 3.06 bits per heavy atom. The van der Waals surface area contributed by atoms with Gasteiger partial charge >= 0.3 is 11.9 Å². The van der Waals surface area contributed by atoms with Gasteiger partial charge in [-0.15, -0.1) is 0 Å². The fourth-order valence-corrected chi connectivity index (χ4v) is 4.00. The number of carbonyl (C=O) groups excluding carboxylic acids is 2. The van der Waals surface area contributed by atoms with Gasteiger partial charge in [0.05, 0.1) is 12.5 Å². The quantitative estimate of drug-likeness (QED) is 0.535. The molecule has 5 unspecified atom stereocenters. The third-order valence-corrected chi connectivity index (χ3v) is 4.75. The number of fused-ring (bicyclic) bond motifs is 5. The van der Waals surface area contributed by atoms with Gasteiger partial charge in [-0.1, -0.05) is 13.5 Å². The molecule has 0 aromatic rings. The molecule has 0 radical (unpaired) electrons. The highest BCUT2D eigenvalue weighted by atomic mass is 16.6. The molecule has 3 fully saturated rings. The molecule has 92 valence electrons. The fraction of sp³-hybridized carbons (Fsp3) is 0.692. The first-order chi connectivity index (χ1) is 8.05. The zero-order valence-corrected chi connectivity index (χ0v) is 9.85. The van der Waals surface area contributed by atoms with Crippen LogP contribution in [-0.4, -0.2) is 24.6 Å². The first-order valence-electron chi connectivity index (χ1n) is 6.05. The van der Waals surface area contributed by atoms with E-state index in [-0.39, 0.29) is 29.3 Å². The molecule has 0 N–H and O–H groups in total. The lowest BCUT2D eigenvalue weighted by atomic mass is 9.72. The lowest BCUT2D eigenvalue weighted by Gasteiger charge is -2.33. The molecule has 1 saturated heterocycles. The zero-order chi connectivity index (χ0) is 12.2. The summed E-state index contributed by atoms with van der Waals surface area (Å²) in [4.78, 5) is 23.0. The molecule has 3 aliphatic rings. The van der Waals surface area contributed by atoms with Crippen molar-refractivity contribution in [1.29, 1.82) is 0 Å². The van der Waals surface area contributed by atoms with Gasteiger partial charge in [0.15, 0.2) is 0 Å². The Balaban J connectivity index is 1.83. The number of hydrogen-bond acceptors (Lipinski definition) is 4. The third kappa shape index (κ3) is 1.36. The monoisotopic (exact) mass is 236 g/mol. The van der Waals surface area contributed by atoms with E-state index >= 15 is 0 Å². The van der Waals surface area contributed by atoms with Crippen molar-refractivity contribution in [2.45, 2.75) is 25.9 Å². The number of hydrogen-bond donors (Lipinski definition) is 0. The Labute approximate surface area is 100.0 Å². The van der Waals surface area contributed by atoms with E-state index in [4.69, 9.17) is 9.47 Å². The van der Waals surface area contributed by atoms with Crippen molar-refractivity contribution >= 4 is 11.9 Å². The molecule has 0 aromatic heterocycles. The van der Waals surface area contributed by atoms with Gasteiger partial charge in [0, 0.05) is 17.9 Å². The summed E-state index contributed by atoms with van der Waals surface area (Å²) >= 11 is 0. The Bertz CT molecular complexity index is 402. The molecule has 1 heterocycles. The molecule has 0 aromatic carbocycles. The van der Waals surface area contributed by atoms with Crippen LogP contribution in [0.25, 0.3) is 0 Å². The molecule has 2 aliphatic carbocycles. The molecule has 1 aliphatic heterocycles. The van der Waals surface area contributed by atoms with Crippen LogP contribution < -0.4 is 0 Å². The minimum atomic E-state index is -0.394. The molecular formula is C13H16O4. The summed E-state index contributed by atoms with van der Waals surface area (Å²) in [6, 6.07) is 0. The summed E-state index contributed by atoms with van der Waals surface area (Å²) in [6.45, 7) is 6.11. The van der Waals surface area contributed by atoms with Gasteiger partial charge in [0.25, 0.3) is 0 Å². The van der Waals surface area contributed by atoms with Gasteiger partial charge in [-0.25, -0.2) is 4.79 Å². The first-order valence-corrected chi connectivity index (χ1v) is 6.05. The predicted molar refractivity (Wildman–Crippen MR) is 58.8 cm³/mol. The fourth-order valence-electron chi connectivity index (χ4n) is 4.00. The Morgan fingerprint density at radius 1 is 1.59 bits per heavy atom. The Kier molecular flexibility index (Phi) is 2.12. The molecule has 2 saturated carbocycles. The average molecular weight is 236 g/mol. The topological polar surface area (TPSA) is 52.6 Å². The van der Waals surface area contributed by atoms with Crippen LogP contribution in [-0.2, 0) is 19.1 Å². The molecule has 17 heavy (non-hydrogen) atoms. The van der Waals surface area contributed by atoms with Gasteiger partial charge < -0.3 is 9.47 Å². The zero-order valence-electron chi connectivity index (χ0n) is 9.85. The minimum Gasteiger partial charge on any atom is -0.465 e. The third-order valence-electron chi connectivity index (χ3n) is 4.75. The lowest BCUT2D eigenvalue weighted by molar-refractivity contribution is -0.152. The van der Waals surface area contributed by atoms with E-state index in [0.717, 1.165) is 12.8 Å². The van der Waals surface area contributed by atoms with Crippen LogP contribution >= 0.6 is 0 Å². The van der Waals surface area contributed by atoms with Crippen LogP contribution in [0.3, 0.4) is 0 Å². The maximum atomic E-state index is 11.7. The summed E-state index contributed by atoms with van der Waals surface area (Å²) in [5, 5.41) is 0. The second-order valence-corrected chi connectivity index (χ2v) is 5.67. The van der Waals surface area contributed by atoms with E-state index in [1.165, 1.54) is 6.08 Å². The van der Waals surface area contributed by atoms with Crippen molar-refractivity contribution in [3.8, 4) is 0 Å². The highest BCUT2D eigenvalue weighted by Crippen LogP contribution is 2.63. The summed E-state index contributed by atoms with van der Waals surface area (Å²) in [5.74, 6) is -0.101. The molecule has 3 rings (SSSR count). The van der Waals surface area contributed by atoms with Crippen molar-refractivity contribution in [2.75, 3.05) is 6.61 Å². The van der Waals surface area contributed by atoms with Gasteiger partial charge in [-0.05, 0) is 18.3 Å². The second-order valence-electron chi connectivity index (χ2n) is 5.67. The van der Waals surface area contributed by atoms with E-state index < -0.39 is 5.97 Å². The highest BCUT2D eigenvalue weighted by molar-refractivity contribution is 5.81. The largest absolute Gasteiger partial charge is 0.465 e. The lowest BCUT2D eigenvalue weighted by Crippen LogP contribution is -2.38. The maximum absolute atomic E-state index is 11.7. The van der Waals surface area contributed by atoms with Crippen molar-refractivity contribution in [3.05, 3.63) is 12.7 Å². The average Bonchev–Trinajstić information content (AvgIpc) is 2.88. The summed E-state index contributed by atoms with van der Waals surface area (Å²) in [5.41, 5.74) is 0.0909. The molecule has 0 amide bonds. The van der Waals surface area contributed by atoms with Crippen molar-refractivity contribution < 1.29 is 19.1 Å². The molecule has 0 spiro atoms. The molecule has 4 nitrogen and oxygen atoms in total. The van der Waals surface area contributed by atoms with Gasteiger partial charge in [0.2, 0.25) is 0 Å². The molecule has 2 bridgehead atoms. The molecule has 4 heteroatoms. The number of rotatable bonds is 2. The Morgan fingerprint density at radius 2 is 2.35 bits per heavy atom. The molecule has 5 atom stereocenters. The summed E-state index contributed by atoms with van der Waals surface area (Å²) in [7, 11) is 0. The number of carbonyl (C=O) groups is 2. The van der Waals surface area contributed by atoms with Crippen LogP contribution in [0.15, 0.2) is 12.7 Å². The number of ether oxygens (including phenoxy) is 2. The number of esters is 2. The standard InChI is InChI=1S/C13H16O4/c1-3-10(14)17-9-5-13(2)4-7(9)11-8(13)6-16-12(11)15/h3,7-9,11H,1,4-6H2,2H3. The number of cyclic esters (lactones) is 1. The van der Waals surface area contributed by atoms with Crippen LogP contribution in [0, 0.1) is 23.2 Å². The van der Waals surface area contributed by atoms with E-state index in [1.807, 2.05) is 0 Å². The summed E-state index contributed by atoms with van der Waals surface area (Å²) < 4.78 is 10.5. The van der Waals surface area contributed by atoms with Gasteiger partial charge in [0.1, 0.15) is 6.10 Å². The normalized spacial score (nSPS) is 46.5. The SMILES string of the molecule is C=CC(=O)OC1CC2(C)CC1C1C(=O)OCC12. The van der Waals surface area contributed by atoms with E-state index in [0.29, 0.717) is 12.5 Å². The maximum Gasteiger partial charge on any atom is 0.330 e. The van der Waals surface area contributed by atoms with Crippen LogP contribution in [0.5, 0.6) is 0 Å². The van der Waals surface area contributed by atoms with E-state index in [9.17, 15) is 9.59 Å². The van der Waals surface area contributed by atoms with Crippen LogP contribution in [0.1, 0.15) is 19.8 Å². The van der Waals surface area contributed by atoms with Crippen LogP contribution in [0.4, 0.5) is 0 Å². The molecular weight excluding hydrogens is 220 g/mol. The van der Waals surface area contributed by atoms with E-state index in [2.05, 4.69) is 13.5 Å². The Hall–Kier alpha value is -1.32. The smallest absolute Gasteiger partial charge is 0.330 e. The minimum absolute atomic E-state index is 0.0589. The van der Waals surface area contributed by atoms with Crippen molar-refractivity contribution in [3.63, 3.8) is 0 Å². The predicted octanol–water partition coefficient (Wildman–Crippen LogP) is 1.30. The van der Waals surface area contributed by atoms with Gasteiger partial charge in [-0.2, -0.15) is 0 Å². The van der Waals surface area contributed by atoms with Crippen molar-refractivity contribution in [2.24, 2.45) is 23.2 Å². The van der Waals surface area contributed by atoms with Crippen molar-refractivity contribution in [1.82, 2.24) is 0 Å². The highest BCUT2D eigenvalue weighted by Gasteiger charge is 2.65. The van der Waals surface area contributed by atoms with Crippen LogP contribution in [0.2, 0.25) is 0 Å². The second kappa shape index (κ2) is 3.34. The van der Waals surface area contributed by atoms with Gasteiger partial charge in [-0.3, -0.25) is 4.79 Å². The van der Waals surface area contributed by atoms with E-state index in [1.54, 1.807) is 0 Å².